The summed E-state index contributed by atoms with van der Waals surface area (Å²) >= 11 is 0. The number of hydrogen-bond donors (Lipinski definition) is 1. The molecule has 0 saturated heterocycles. The Labute approximate surface area is 193 Å². The van der Waals surface area contributed by atoms with Gasteiger partial charge in [-0.05, 0) is 42.5 Å². The van der Waals surface area contributed by atoms with E-state index in [9.17, 15) is 14.4 Å². The Kier molecular flexibility index (Phi) is 7.87. The second-order valence-corrected chi connectivity index (χ2v) is 7.83. The van der Waals surface area contributed by atoms with Crippen LogP contribution in [0.25, 0.3) is 0 Å². The van der Waals surface area contributed by atoms with Crippen LogP contribution in [-0.2, 0) is 36.8 Å². The highest BCUT2D eigenvalue weighted by molar-refractivity contribution is 5.97. The zero-order valence-corrected chi connectivity index (χ0v) is 19.1. The summed E-state index contributed by atoms with van der Waals surface area (Å²) in [4.78, 5) is 38.3. The van der Waals surface area contributed by atoms with Crippen molar-refractivity contribution in [2.45, 2.75) is 44.8 Å². The first-order valence-electron chi connectivity index (χ1n) is 11.0. The van der Waals surface area contributed by atoms with Crippen LogP contribution in [0.4, 0.5) is 4.79 Å². The molecule has 1 amide bonds. The third kappa shape index (κ3) is 5.61. The van der Waals surface area contributed by atoms with Crippen LogP contribution in [0.2, 0.25) is 0 Å². The Bertz CT molecular complexity index is 1030. The number of amides is 1. The Morgan fingerprint density at radius 3 is 2.39 bits per heavy atom. The molecule has 0 unspecified atom stereocenters. The van der Waals surface area contributed by atoms with Crippen LogP contribution in [0.3, 0.4) is 0 Å². The van der Waals surface area contributed by atoms with Gasteiger partial charge in [0.25, 0.3) is 0 Å². The lowest BCUT2D eigenvalue weighted by atomic mass is 9.87. The van der Waals surface area contributed by atoms with Crippen molar-refractivity contribution in [1.82, 2.24) is 5.32 Å². The van der Waals surface area contributed by atoms with Crippen LogP contribution in [0.1, 0.15) is 42.9 Å². The van der Waals surface area contributed by atoms with Crippen molar-refractivity contribution in [3.63, 3.8) is 0 Å². The minimum absolute atomic E-state index is 0.0420. The molecule has 0 heterocycles. The maximum Gasteiger partial charge on any atom is 0.408 e. The van der Waals surface area contributed by atoms with Gasteiger partial charge in [0.2, 0.25) is 0 Å². The fraction of sp³-hybridized carbons (Fsp3) is 0.346. The lowest BCUT2D eigenvalue weighted by Gasteiger charge is -2.26. The molecular weight excluding hydrogens is 422 g/mol. The Hall–Kier alpha value is -3.61. The number of carbonyl (C=O) groups excluding carboxylic acids is 3. The molecular formula is C26H29NO6. The van der Waals surface area contributed by atoms with Gasteiger partial charge < -0.3 is 19.5 Å². The van der Waals surface area contributed by atoms with E-state index < -0.39 is 29.5 Å². The van der Waals surface area contributed by atoms with E-state index in [1.54, 1.807) is 6.92 Å². The summed E-state index contributed by atoms with van der Waals surface area (Å²) in [6, 6.07) is 17.0. The molecule has 2 aromatic rings. The highest BCUT2D eigenvalue weighted by atomic mass is 16.6. The molecule has 0 radical (unpaired) electrons. The van der Waals surface area contributed by atoms with Crippen molar-refractivity contribution in [3.8, 4) is 0 Å². The lowest BCUT2D eigenvalue weighted by Crippen LogP contribution is -2.53. The quantitative estimate of drug-likeness (QED) is 0.481. The van der Waals surface area contributed by atoms with Gasteiger partial charge in [0.15, 0.2) is 5.54 Å². The third-order valence-corrected chi connectivity index (χ3v) is 5.66. The molecule has 7 nitrogen and oxygen atoms in total. The lowest BCUT2D eigenvalue weighted by molar-refractivity contribution is -0.146. The van der Waals surface area contributed by atoms with Crippen LogP contribution < -0.4 is 5.32 Å². The van der Waals surface area contributed by atoms with Gasteiger partial charge >= 0.3 is 18.0 Å². The largest absolute Gasteiger partial charge is 0.467 e. The van der Waals surface area contributed by atoms with E-state index in [4.69, 9.17) is 14.2 Å². The van der Waals surface area contributed by atoms with Crippen molar-refractivity contribution in [2.75, 3.05) is 13.7 Å². The molecule has 3 rings (SSSR count). The number of ether oxygens (including phenoxy) is 3. The SMILES string of the molecule is CCOC(=O)C1=C[C@](NC(=O)OCc2ccccc2)(C(=O)OC)C[C@H]1c1cccc(CC)c1. The van der Waals surface area contributed by atoms with Crippen LogP contribution in [0, 0.1) is 0 Å². The first-order chi connectivity index (χ1) is 15.9. The van der Waals surface area contributed by atoms with Crippen LogP contribution in [0.15, 0.2) is 66.2 Å². The summed E-state index contributed by atoms with van der Waals surface area (Å²) in [5.74, 6) is -1.67. The maximum atomic E-state index is 12.9. The molecule has 0 saturated carbocycles. The Morgan fingerprint density at radius 1 is 1.00 bits per heavy atom. The Morgan fingerprint density at radius 2 is 1.73 bits per heavy atom. The van der Waals surface area contributed by atoms with Crippen molar-refractivity contribution in [2.24, 2.45) is 0 Å². The molecule has 7 heteroatoms. The van der Waals surface area contributed by atoms with E-state index in [-0.39, 0.29) is 19.6 Å². The van der Waals surface area contributed by atoms with E-state index >= 15 is 0 Å². The molecule has 1 N–H and O–H groups in total. The second kappa shape index (κ2) is 10.8. The molecule has 33 heavy (non-hydrogen) atoms. The monoisotopic (exact) mass is 451 g/mol. The second-order valence-electron chi connectivity index (χ2n) is 7.83. The summed E-state index contributed by atoms with van der Waals surface area (Å²) < 4.78 is 15.6. The molecule has 1 aliphatic rings. The number of rotatable bonds is 8. The van der Waals surface area contributed by atoms with E-state index in [1.165, 1.54) is 13.2 Å². The van der Waals surface area contributed by atoms with Gasteiger partial charge in [-0.2, -0.15) is 0 Å². The molecule has 0 aromatic heterocycles. The van der Waals surface area contributed by atoms with Crippen LogP contribution in [0.5, 0.6) is 0 Å². The van der Waals surface area contributed by atoms with E-state index in [2.05, 4.69) is 5.32 Å². The first kappa shape index (κ1) is 24.0. The van der Waals surface area contributed by atoms with Crippen molar-refractivity contribution >= 4 is 18.0 Å². The maximum absolute atomic E-state index is 12.9. The van der Waals surface area contributed by atoms with Gasteiger partial charge in [-0.15, -0.1) is 0 Å². The number of carbonyl (C=O) groups is 3. The number of alkyl carbamates (subject to hydrolysis) is 1. The molecule has 0 bridgehead atoms. The summed E-state index contributed by atoms with van der Waals surface area (Å²) in [7, 11) is 1.24. The van der Waals surface area contributed by atoms with E-state index in [0.717, 1.165) is 23.1 Å². The molecule has 2 aromatic carbocycles. The van der Waals surface area contributed by atoms with Gasteiger partial charge in [0.05, 0.1) is 13.7 Å². The van der Waals surface area contributed by atoms with Crippen molar-refractivity contribution in [3.05, 3.63) is 82.9 Å². The number of esters is 2. The van der Waals surface area contributed by atoms with Crippen molar-refractivity contribution < 1.29 is 28.6 Å². The minimum Gasteiger partial charge on any atom is -0.467 e. The van der Waals surface area contributed by atoms with Gasteiger partial charge in [-0.3, -0.25) is 0 Å². The van der Waals surface area contributed by atoms with Crippen LogP contribution in [-0.4, -0.2) is 37.3 Å². The van der Waals surface area contributed by atoms with Gasteiger partial charge in [0.1, 0.15) is 6.61 Å². The zero-order chi connectivity index (χ0) is 23.8. The number of hydrogen-bond acceptors (Lipinski definition) is 6. The predicted molar refractivity (Wildman–Crippen MR) is 122 cm³/mol. The highest BCUT2D eigenvalue weighted by Crippen LogP contribution is 2.42. The van der Waals surface area contributed by atoms with Gasteiger partial charge in [0, 0.05) is 11.5 Å². The van der Waals surface area contributed by atoms with Gasteiger partial charge in [-0.25, -0.2) is 14.4 Å². The molecule has 0 spiro atoms. The number of nitrogens with one attached hydrogen (secondary N) is 1. The molecule has 1 aliphatic carbocycles. The summed E-state index contributed by atoms with van der Waals surface area (Å²) in [5.41, 5.74) is 1.51. The van der Waals surface area contributed by atoms with Gasteiger partial charge in [-0.1, -0.05) is 61.5 Å². The standard InChI is InChI=1S/C26H29NO6/c1-4-18-12-9-13-20(14-18)21-15-26(24(29)31-3,16-22(21)23(28)32-5-2)27-25(30)33-17-19-10-7-6-8-11-19/h6-14,16,21H,4-5,15,17H2,1-3H3,(H,27,30)/t21-,26-/m0/s1. The first-order valence-corrected chi connectivity index (χ1v) is 11.0. The molecule has 2 atom stereocenters. The molecule has 0 fully saturated rings. The predicted octanol–water partition coefficient (Wildman–Crippen LogP) is 4.06. The minimum atomic E-state index is -1.56. The topological polar surface area (TPSA) is 90.9 Å². The van der Waals surface area contributed by atoms with E-state index in [1.807, 2.05) is 61.5 Å². The number of aryl methyl sites for hydroxylation is 1. The normalized spacial score (nSPS) is 19.4. The van der Waals surface area contributed by atoms with E-state index in [0.29, 0.717) is 5.57 Å². The average molecular weight is 452 g/mol. The third-order valence-electron chi connectivity index (χ3n) is 5.66. The Balaban J connectivity index is 1.91. The summed E-state index contributed by atoms with van der Waals surface area (Å²) in [5, 5.41) is 2.65. The summed E-state index contributed by atoms with van der Waals surface area (Å²) in [6.45, 7) is 3.99. The smallest absolute Gasteiger partial charge is 0.408 e. The van der Waals surface area contributed by atoms with Crippen molar-refractivity contribution in [1.29, 1.82) is 0 Å². The molecule has 0 aliphatic heterocycles. The number of benzene rings is 2. The fourth-order valence-corrected chi connectivity index (χ4v) is 4.00. The molecule has 174 valence electrons. The van der Waals surface area contributed by atoms with Crippen LogP contribution >= 0.6 is 0 Å². The number of methoxy groups -OCH3 is 1. The summed E-state index contributed by atoms with van der Waals surface area (Å²) in [6.07, 6.45) is 1.60. The fourth-order valence-electron chi connectivity index (χ4n) is 4.00. The average Bonchev–Trinajstić information content (AvgIpc) is 3.24. The highest BCUT2D eigenvalue weighted by Gasteiger charge is 2.50. The zero-order valence-electron chi connectivity index (χ0n) is 19.1.